The lowest BCUT2D eigenvalue weighted by Gasteiger charge is -2.34. The van der Waals surface area contributed by atoms with Gasteiger partial charge in [-0.15, -0.1) is 0 Å². The zero-order chi connectivity index (χ0) is 18.0. The average Bonchev–Trinajstić information content (AvgIpc) is 2.98. The Morgan fingerprint density at radius 1 is 1.32 bits per heavy atom. The van der Waals surface area contributed by atoms with Crippen LogP contribution in [0.4, 0.5) is 0 Å². The number of nitrogens with zero attached hydrogens (tertiary/aromatic N) is 1. The zero-order valence-corrected chi connectivity index (χ0v) is 15.9. The minimum Gasteiger partial charge on any atom is -0.496 e. The summed E-state index contributed by atoms with van der Waals surface area (Å²) in [6, 6.07) is 4.45. The van der Waals surface area contributed by atoms with Gasteiger partial charge in [-0.1, -0.05) is 6.92 Å². The summed E-state index contributed by atoms with van der Waals surface area (Å²) in [4.78, 5) is 5.76. The number of rotatable bonds is 8. The van der Waals surface area contributed by atoms with Crippen molar-refractivity contribution in [2.24, 2.45) is 0 Å². The number of hydrogen-bond acceptors (Lipinski definition) is 4. The predicted molar refractivity (Wildman–Crippen MR) is 101 cm³/mol. The largest absolute Gasteiger partial charge is 0.496 e. The number of ether oxygens (including phenoxy) is 1. The molecule has 2 N–H and O–H groups in total. The van der Waals surface area contributed by atoms with Crippen molar-refractivity contribution in [2.45, 2.75) is 32.2 Å². The van der Waals surface area contributed by atoms with Gasteiger partial charge in [0.15, 0.2) is 0 Å². The lowest BCUT2D eigenvalue weighted by atomic mass is 9.87. The Hall–Kier alpha value is -1.57. The van der Waals surface area contributed by atoms with E-state index in [9.17, 15) is 8.42 Å². The molecule has 1 heterocycles. The first-order valence-electron chi connectivity index (χ1n) is 8.77. The quantitative estimate of drug-likeness (QED) is 0.749. The molecule has 0 bridgehead atoms. The van der Waals surface area contributed by atoms with Crippen molar-refractivity contribution in [1.29, 1.82) is 0 Å². The molecule has 0 aliphatic heterocycles. The molecule has 138 valence electrons. The first-order chi connectivity index (χ1) is 11.9. The van der Waals surface area contributed by atoms with Crippen LogP contribution in [0.25, 0.3) is 10.9 Å². The van der Waals surface area contributed by atoms with E-state index >= 15 is 0 Å². The van der Waals surface area contributed by atoms with Crippen LogP contribution in [0.1, 0.15) is 24.5 Å². The summed E-state index contributed by atoms with van der Waals surface area (Å²) >= 11 is 0. The number of aromatic nitrogens is 1. The molecule has 0 fully saturated rings. The molecule has 1 aromatic heterocycles. The van der Waals surface area contributed by atoms with Crippen LogP contribution in [0.5, 0.6) is 5.75 Å². The first kappa shape index (κ1) is 18.2. The smallest absolute Gasteiger partial charge is 0.208 e. The Morgan fingerprint density at radius 3 is 2.80 bits per heavy atom. The molecule has 0 saturated carbocycles. The highest BCUT2D eigenvalue weighted by Crippen LogP contribution is 2.36. The Balaban J connectivity index is 1.82. The molecule has 6 nitrogen and oxygen atoms in total. The maximum absolute atomic E-state index is 11.3. The summed E-state index contributed by atoms with van der Waals surface area (Å²) in [6.07, 6.45) is 6.23. The average molecular weight is 365 g/mol. The van der Waals surface area contributed by atoms with E-state index in [0.717, 1.165) is 37.1 Å². The SMILES string of the molecule is CCCN(CCNS(C)(=O)=O)C1Cc2c[nH]c3ccc(OC)c(c23)C1. The third-order valence-corrected chi connectivity index (χ3v) is 5.63. The summed E-state index contributed by atoms with van der Waals surface area (Å²) in [5.41, 5.74) is 3.73. The molecule has 0 amide bonds. The highest BCUT2D eigenvalue weighted by atomic mass is 32.2. The normalized spacial score (nSPS) is 17.4. The van der Waals surface area contributed by atoms with Crippen LogP contribution in [0.2, 0.25) is 0 Å². The maximum atomic E-state index is 11.3. The molecule has 0 spiro atoms. The van der Waals surface area contributed by atoms with Gasteiger partial charge in [0.05, 0.1) is 13.4 Å². The number of nitrogens with one attached hydrogen (secondary N) is 2. The standard InChI is InChI=1S/C18H27N3O3S/c1-4-8-21(9-7-20-25(3,22)23)14-10-13-12-19-16-5-6-17(24-2)15(11-14)18(13)16/h5-6,12,14,19-20H,4,7-11H2,1-3H3. The van der Waals surface area contributed by atoms with Crippen molar-refractivity contribution >= 4 is 20.9 Å². The van der Waals surface area contributed by atoms with E-state index in [2.05, 4.69) is 33.8 Å². The molecule has 0 radical (unpaired) electrons. The highest BCUT2D eigenvalue weighted by Gasteiger charge is 2.28. The molecule has 1 aromatic carbocycles. The third kappa shape index (κ3) is 3.99. The molecule has 1 aliphatic carbocycles. The zero-order valence-electron chi connectivity index (χ0n) is 15.1. The van der Waals surface area contributed by atoms with Gasteiger partial charge in [0.2, 0.25) is 10.0 Å². The topological polar surface area (TPSA) is 74.4 Å². The van der Waals surface area contributed by atoms with Crippen LogP contribution in [0.3, 0.4) is 0 Å². The van der Waals surface area contributed by atoms with Crippen molar-refractivity contribution in [3.63, 3.8) is 0 Å². The fourth-order valence-electron chi connectivity index (χ4n) is 3.87. The van der Waals surface area contributed by atoms with Gasteiger partial charge in [-0.3, -0.25) is 4.90 Å². The third-order valence-electron chi connectivity index (χ3n) is 4.90. The number of H-pyrrole nitrogens is 1. The summed E-state index contributed by atoms with van der Waals surface area (Å²) in [5, 5.41) is 1.29. The number of aromatic amines is 1. The summed E-state index contributed by atoms with van der Waals surface area (Å²) < 4.78 is 30.9. The van der Waals surface area contributed by atoms with Crippen molar-refractivity contribution in [2.75, 3.05) is 33.0 Å². The molecule has 25 heavy (non-hydrogen) atoms. The van der Waals surface area contributed by atoms with Gasteiger partial charge >= 0.3 is 0 Å². The van der Waals surface area contributed by atoms with E-state index in [1.165, 1.54) is 22.8 Å². The lowest BCUT2D eigenvalue weighted by molar-refractivity contribution is 0.194. The van der Waals surface area contributed by atoms with E-state index in [1.807, 2.05) is 6.07 Å². The molecule has 1 aliphatic rings. The Kier molecular flexibility index (Phi) is 5.36. The summed E-state index contributed by atoms with van der Waals surface area (Å²) in [7, 11) is -1.43. The molecular formula is C18H27N3O3S. The van der Waals surface area contributed by atoms with Gasteiger partial charge in [-0.2, -0.15) is 0 Å². The number of methoxy groups -OCH3 is 1. The number of hydrogen-bond donors (Lipinski definition) is 2. The van der Waals surface area contributed by atoms with Crippen LogP contribution >= 0.6 is 0 Å². The predicted octanol–water partition coefficient (Wildman–Crippen LogP) is 1.90. The van der Waals surface area contributed by atoms with Gasteiger partial charge in [0.1, 0.15) is 5.75 Å². The van der Waals surface area contributed by atoms with Crippen LogP contribution in [0, 0.1) is 0 Å². The van der Waals surface area contributed by atoms with Crippen LogP contribution in [-0.2, 0) is 22.9 Å². The maximum Gasteiger partial charge on any atom is 0.208 e. The molecule has 1 atom stereocenters. The fourth-order valence-corrected chi connectivity index (χ4v) is 4.33. The second kappa shape index (κ2) is 7.35. The second-order valence-corrected chi connectivity index (χ2v) is 8.58. The molecule has 0 saturated heterocycles. The Morgan fingerprint density at radius 2 is 2.12 bits per heavy atom. The molecule has 1 unspecified atom stereocenters. The van der Waals surface area contributed by atoms with Gasteiger partial charge in [0.25, 0.3) is 0 Å². The van der Waals surface area contributed by atoms with Gasteiger partial charge in [0, 0.05) is 41.8 Å². The first-order valence-corrected chi connectivity index (χ1v) is 10.7. The molecule has 3 rings (SSSR count). The fraction of sp³-hybridized carbons (Fsp3) is 0.556. The Labute approximate surface area is 149 Å². The van der Waals surface area contributed by atoms with E-state index in [-0.39, 0.29) is 0 Å². The lowest BCUT2D eigenvalue weighted by Crippen LogP contribution is -2.44. The van der Waals surface area contributed by atoms with Crippen molar-refractivity contribution in [3.05, 3.63) is 29.5 Å². The van der Waals surface area contributed by atoms with E-state index < -0.39 is 10.0 Å². The van der Waals surface area contributed by atoms with Gasteiger partial charge in [-0.05, 0) is 43.5 Å². The van der Waals surface area contributed by atoms with Gasteiger partial charge in [-0.25, -0.2) is 13.1 Å². The molecule has 7 heteroatoms. The second-order valence-electron chi connectivity index (χ2n) is 6.75. The Bertz CT molecular complexity index is 845. The van der Waals surface area contributed by atoms with Crippen LogP contribution in [-0.4, -0.2) is 57.3 Å². The van der Waals surface area contributed by atoms with Crippen molar-refractivity contribution in [3.8, 4) is 5.75 Å². The highest BCUT2D eigenvalue weighted by molar-refractivity contribution is 7.88. The minimum atomic E-state index is -3.15. The van der Waals surface area contributed by atoms with Crippen molar-refractivity contribution < 1.29 is 13.2 Å². The van der Waals surface area contributed by atoms with Crippen LogP contribution in [0.15, 0.2) is 18.3 Å². The number of benzene rings is 1. The van der Waals surface area contributed by atoms with Crippen molar-refractivity contribution in [1.82, 2.24) is 14.6 Å². The summed E-state index contributed by atoms with van der Waals surface area (Å²) in [6.45, 7) is 4.26. The monoisotopic (exact) mass is 365 g/mol. The molecular weight excluding hydrogens is 338 g/mol. The molecule has 2 aromatic rings. The summed E-state index contributed by atoms with van der Waals surface area (Å²) in [5.74, 6) is 0.934. The van der Waals surface area contributed by atoms with E-state index in [1.54, 1.807) is 7.11 Å². The number of sulfonamides is 1. The van der Waals surface area contributed by atoms with E-state index in [4.69, 9.17) is 4.74 Å². The minimum absolute atomic E-state index is 0.351. The van der Waals surface area contributed by atoms with Crippen LogP contribution < -0.4 is 9.46 Å². The van der Waals surface area contributed by atoms with E-state index in [0.29, 0.717) is 19.1 Å². The van der Waals surface area contributed by atoms with Gasteiger partial charge < -0.3 is 9.72 Å².